The van der Waals surface area contributed by atoms with E-state index in [2.05, 4.69) is 16.9 Å². The summed E-state index contributed by atoms with van der Waals surface area (Å²) < 4.78 is 32.5. The fraction of sp³-hybridized carbons (Fsp3) is 0.522. The van der Waals surface area contributed by atoms with Gasteiger partial charge in [-0.2, -0.15) is 0 Å². The Morgan fingerprint density at radius 3 is 2.52 bits per heavy atom. The number of allylic oxidation sites excluding steroid dienone is 1. The molecule has 0 spiro atoms. The molecule has 1 aromatic carbocycles. The summed E-state index contributed by atoms with van der Waals surface area (Å²) in [4.78, 5) is 70.5. The third kappa shape index (κ3) is 9.87. The van der Waals surface area contributed by atoms with Crippen LogP contribution in [0.1, 0.15) is 91.7 Å². The van der Waals surface area contributed by atoms with Gasteiger partial charge in [-0.25, -0.2) is 9.97 Å². The normalized spacial score (nSPS) is 23.1. The van der Waals surface area contributed by atoms with Crippen LogP contribution in [0.5, 0.6) is 11.5 Å². The third-order valence-corrected chi connectivity index (χ3v) is 15.9. The van der Waals surface area contributed by atoms with Gasteiger partial charge in [-0.1, -0.05) is 32.9 Å². The van der Waals surface area contributed by atoms with Crippen LogP contribution in [-0.2, 0) is 29.8 Å². The second-order valence-electron chi connectivity index (χ2n) is 18.2. The van der Waals surface area contributed by atoms with E-state index in [1.54, 1.807) is 42.5 Å². The molecular formula is C46H58N5O8PS. The molecule has 6 atom stereocenters. The Hall–Kier alpha value is -4.65. The summed E-state index contributed by atoms with van der Waals surface area (Å²) in [5, 5.41) is 5.49. The summed E-state index contributed by atoms with van der Waals surface area (Å²) >= 11 is 1.47. The first-order valence-electron chi connectivity index (χ1n) is 21.2. The van der Waals surface area contributed by atoms with Crippen LogP contribution >= 0.6 is 18.7 Å². The summed E-state index contributed by atoms with van der Waals surface area (Å²) in [6.45, 7) is 13.8. The lowest BCUT2D eigenvalue weighted by Crippen LogP contribution is -2.48. The molecule has 3 aromatic heterocycles. The minimum atomic E-state index is -4.02. The highest BCUT2D eigenvalue weighted by Gasteiger charge is 2.65. The molecule has 13 nitrogen and oxygen atoms in total. The molecule has 15 heteroatoms. The Morgan fingerprint density at radius 2 is 1.87 bits per heavy atom. The van der Waals surface area contributed by atoms with Crippen molar-refractivity contribution in [3.8, 4) is 22.9 Å². The Bertz CT molecular complexity index is 2310. The molecule has 1 unspecified atom stereocenters. The van der Waals surface area contributed by atoms with Gasteiger partial charge >= 0.3 is 5.97 Å². The molecule has 2 saturated carbocycles. The van der Waals surface area contributed by atoms with E-state index in [4.69, 9.17) is 24.2 Å². The zero-order valence-corrected chi connectivity index (χ0v) is 37.7. The quantitative estimate of drug-likeness (QED) is 0.0588. The molecule has 7 rings (SSSR count). The first-order valence-corrected chi connectivity index (χ1v) is 24.0. The number of anilines is 1. The van der Waals surface area contributed by atoms with E-state index < -0.39 is 42.0 Å². The molecule has 3 aliphatic rings. The van der Waals surface area contributed by atoms with Gasteiger partial charge in [0.15, 0.2) is 10.9 Å². The number of rotatable bonds is 17. The Labute approximate surface area is 362 Å². The molecule has 3 fully saturated rings. The molecule has 1 amide bonds. The lowest BCUT2D eigenvalue weighted by Gasteiger charge is -2.35. The average molecular weight is 872 g/mol. The molecule has 2 N–H and O–H groups in total. The van der Waals surface area contributed by atoms with Crippen molar-refractivity contribution in [1.82, 2.24) is 19.9 Å². The van der Waals surface area contributed by atoms with Crippen LogP contribution in [0.15, 0.2) is 66.7 Å². The number of pyridine rings is 2. The molecule has 4 aromatic rings. The van der Waals surface area contributed by atoms with Crippen LogP contribution < -0.4 is 14.8 Å². The number of carbonyl (C=O) groups is 3. The summed E-state index contributed by atoms with van der Waals surface area (Å²) in [7, 11) is -2.43. The number of Topliss-reactive ketones (excluding diaryl/α,β-unsaturated/α-hetero) is 1. The van der Waals surface area contributed by atoms with E-state index in [9.17, 15) is 23.8 Å². The molecule has 0 radical (unpaired) electrons. The summed E-state index contributed by atoms with van der Waals surface area (Å²) in [6.07, 6.45) is 5.92. The molecule has 4 heterocycles. The molecular weight excluding hydrogens is 814 g/mol. The lowest BCUT2D eigenvalue weighted by atomic mass is 9.77. The standard InChI is InChI=1S/C46H58N5O8PS/c1-8-29-23-46(29,60(55,56)26-30-13-11-12-18-47-30)24-40(52)39-20-33(25-51(39)43(54)35(45(4,5)6)21-42(53)59-31-14-9-10-15-31)58-41-22-37(38-27-61-44(50-38)48-28(2)3)49-36-19-32(57-7)16-17-34(36)41/h8,11-13,16-19,22,27-29,31,33,35,39H,1,9-10,14-15,20-21,23-26H2,2-7H3,(H,48,50)(H,55,56)/t29-,33-,35-,39+,46-/m1/s1. The van der Waals surface area contributed by atoms with Crippen LogP contribution in [-0.4, -0.2) is 85.5 Å². The average Bonchev–Trinajstić information content (AvgIpc) is 3.61. The maximum absolute atomic E-state index is 15.0. The van der Waals surface area contributed by atoms with E-state index in [-0.39, 0.29) is 61.7 Å². The summed E-state index contributed by atoms with van der Waals surface area (Å²) in [6, 6.07) is 11.8. The smallest absolute Gasteiger partial charge is 0.306 e. The van der Waals surface area contributed by atoms with Gasteiger partial charge in [0.25, 0.3) is 0 Å². The van der Waals surface area contributed by atoms with Crippen molar-refractivity contribution in [2.75, 3.05) is 19.0 Å². The number of amides is 1. The van der Waals surface area contributed by atoms with Gasteiger partial charge in [0.2, 0.25) is 13.3 Å². The minimum absolute atomic E-state index is 0.0521. The number of esters is 1. The Balaban J connectivity index is 1.22. The zero-order valence-electron chi connectivity index (χ0n) is 36.0. The summed E-state index contributed by atoms with van der Waals surface area (Å²) in [5.41, 5.74) is 1.64. The van der Waals surface area contributed by atoms with Crippen molar-refractivity contribution in [2.45, 2.75) is 122 Å². The van der Waals surface area contributed by atoms with Crippen LogP contribution in [0.2, 0.25) is 0 Å². The van der Waals surface area contributed by atoms with E-state index in [1.807, 2.05) is 64.3 Å². The third-order valence-electron chi connectivity index (χ3n) is 12.4. The van der Waals surface area contributed by atoms with Gasteiger partial charge < -0.3 is 29.3 Å². The molecule has 61 heavy (non-hydrogen) atoms. The predicted octanol–water partition coefficient (Wildman–Crippen LogP) is 8.84. The van der Waals surface area contributed by atoms with E-state index in [1.165, 1.54) is 11.3 Å². The number of fused-ring (bicyclic) bond motifs is 1. The number of likely N-dealkylation sites (tertiary alicyclic amines) is 1. The van der Waals surface area contributed by atoms with Gasteiger partial charge in [0, 0.05) is 53.7 Å². The molecule has 2 aliphatic carbocycles. The predicted molar refractivity (Wildman–Crippen MR) is 237 cm³/mol. The number of hydrogen-bond donors (Lipinski definition) is 2. The number of carbonyl (C=O) groups excluding carboxylic acids is 3. The van der Waals surface area contributed by atoms with Crippen molar-refractivity contribution in [3.05, 3.63) is 72.4 Å². The second-order valence-corrected chi connectivity index (χ2v) is 21.7. The molecule has 1 aliphatic heterocycles. The van der Waals surface area contributed by atoms with Crippen LogP contribution in [0.3, 0.4) is 0 Å². The number of nitrogens with one attached hydrogen (secondary N) is 1. The number of methoxy groups -OCH3 is 1. The molecule has 1 saturated heterocycles. The maximum Gasteiger partial charge on any atom is 0.306 e. The fourth-order valence-electron chi connectivity index (χ4n) is 8.86. The van der Waals surface area contributed by atoms with Crippen LogP contribution in [0.25, 0.3) is 22.3 Å². The van der Waals surface area contributed by atoms with Crippen molar-refractivity contribution < 1.29 is 38.1 Å². The van der Waals surface area contributed by atoms with Gasteiger partial charge in [0.05, 0.1) is 54.6 Å². The number of ether oxygens (including phenoxy) is 3. The van der Waals surface area contributed by atoms with Crippen LogP contribution in [0.4, 0.5) is 5.13 Å². The number of thiazole rings is 1. The van der Waals surface area contributed by atoms with E-state index >= 15 is 0 Å². The van der Waals surface area contributed by atoms with Crippen molar-refractivity contribution in [2.24, 2.45) is 17.3 Å². The van der Waals surface area contributed by atoms with Gasteiger partial charge in [-0.05, 0) is 81.5 Å². The van der Waals surface area contributed by atoms with Crippen LogP contribution in [0, 0.1) is 17.3 Å². The fourth-order valence-corrected chi connectivity index (χ4v) is 12.2. The van der Waals surface area contributed by atoms with Gasteiger partial charge in [-0.15, -0.1) is 17.9 Å². The Kier molecular flexibility index (Phi) is 13.1. The second kappa shape index (κ2) is 18.0. The molecule has 326 valence electrons. The highest BCUT2D eigenvalue weighted by Crippen LogP contribution is 2.74. The first kappa shape index (κ1) is 44.4. The minimum Gasteiger partial charge on any atom is -0.497 e. The van der Waals surface area contributed by atoms with Crippen molar-refractivity contribution >= 4 is 52.4 Å². The van der Waals surface area contributed by atoms with E-state index in [0.717, 1.165) is 30.8 Å². The SMILES string of the molecule is C=C[C@@H]1C[C@]1(CC(=O)[C@@H]1C[C@@H](Oc2cc(-c3csc(NC(C)C)n3)nc3cc(OC)ccc23)CN1C(=O)[C@@H](CC(=O)OC1CCCC1)C(C)(C)C)P(=O)(O)Cc1ccccn1. The number of ketones is 1. The topological polar surface area (TPSA) is 170 Å². The first-order chi connectivity index (χ1) is 29.0. The van der Waals surface area contributed by atoms with Crippen molar-refractivity contribution in [3.63, 3.8) is 0 Å². The summed E-state index contributed by atoms with van der Waals surface area (Å²) in [5.74, 6) is -1.19. The Morgan fingerprint density at radius 1 is 1.10 bits per heavy atom. The van der Waals surface area contributed by atoms with Gasteiger partial charge in [0.1, 0.15) is 29.4 Å². The van der Waals surface area contributed by atoms with Gasteiger partial charge in [-0.3, -0.25) is 23.9 Å². The highest BCUT2D eigenvalue weighted by molar-refractivity contribution is 7.59. The zero-order chi connectivity index (χ0) is 43.7. The number of aromatic nitrogens is 3. The van der Waals surface area contributed by atoms with Crippen molar-refractivity contribution in [1.29, 1.82) is 0 Å². The van der Waals surface area contributed by atoms with E-state index in [0.29, 0.717) is 45.9 Å². The monoisotopic (exact) mass is 871 g/mol. The number of benzene rings is 1. The maximum atomic E-state index is 15.0. The highest BCUT2D eigenvalue weighted by atomic mass is 32.1. The molecule has 0 bridgehead atoms. The number of nitrogens with zero attached hydrogens (tertiary/aromatic N) is 4. The number of hydrogen-bond acceptors (Lipinski definition) is 12. The lowest BCUT2D eigenvalue weighted by molar-refractivity contribution is -0.156. The largest absolute Gasteiger partial charge is 0.497 e.